The Morgan fingerprint density at radius 1 is 1.00 bits per heavy atom. The van der Waals surface area contributed by atoms with Crippen LogP contribution in [0.1, 0.15) is 16.1 Å². The van der Waals surface area contributed by atoms with Crippen LogP contribution in [0.3, 0.4) is 0 Å². The first-order valence-electron chi connectivity index (χ1n) is 9.47. The Morgan fingerprint density at radius 3 is 2.48 bits per heavy atom. The van der Waals surface area contributed by atoms with Crippen LogP contribution in [0.5, 0.6) is 5.75 Å². The van der Waals surface area contributed by atoms with E-state index in [4.69, 9.17) is 9.72 Å². The average molecular weight is 464 g/mol. The summed E-state index contributed by atoms with van der Waals surface area (Å²) in [6.07, 6.45) is 0. The second kappa shape index (κ2) is 8.22. The molecule has 4 heterocycles. The molecule has 0 saturated carbocycles. The molecule has 0 unspecified atom stereocenters. The zero-order valence-corrected chi connectivity index (χ0v) is 19.2. The zero-order chi connectivity index (χ0) is 21.4. The number of carbonyl (C=O) groups is 1. The molecule has 0 aliphatic carbocycles. The van der Waals surface area contributed by atoms with Crippen LogP contribution < -0.4 is 10.1 Å². The van der Waals surface area contributed by atoms with Crippen molar-refractivity contribution in [3.8, 4) is 26.1 Å². The van der Waals surface area contributed by atoms with Crippen LogP contribution >= 0.6 is 34.0 Å². The molecule has 8 heteroatoms. The number of aryl methyl sites for hydroxylation is 1. The topological polar surface area (TPSA) is 64.1 Å². The van der Waals surface area contributed by atoms with E-state index in [2.05, 4.69) is 16.4 Å². The number of aromatic nitrogens is 2. The number of nitrogens with zero attached hydrogens (tertiary/aromatic N) is 2. The number of anilines is 1. The van der Waals surface area contributed by atoms with Crippen molar-refractivity contribution in [2.45, 2.75) is 6.92 Å². The van der Waals surface area contributed by atoms with Gasteiger partial charge in [-0.25, -0.2) is 4.98 Å². The molecule has 0 saturated heterocycles. The molecule has 5 rings (SSSR count). The molecule has 4 aromatic heterocycles. The highest BCUT2D eigenvalue weighted by molar-refractivity contribution is 7.24. The highest BCUT2D eigenvalue weighted by atomic mass is 32.1. The van der Waals surface area contributed by atoms with Gasteiger partial charge in [-0.3, -0.25) is 15.1 Å². The summed E-state index contributed by atoms with van der Waals surface area (Å²) in [5, 5.41) is 8.52. The smallest absolute Gasteiger partial charge is 0.259 e. The van der Waals surface area contributed by atoms with Crippen molar-refractivity contribution in [3.05, 3.63) is 70.5 Å². The van der Waals surface area contributed by atoms with E-state index in [1.54, 1.807) is 29.8 Å². The zero-order valence-electron chi connectivity index (χ0n) is 16.7. The predicted octanol–water partition coefficient (Wildman–Crippen LogP) is 6.72. The second-order valence-corrected chi connectivity index (χ2v) is 9.68. The Labute approximate surface area is 191 Å². The fourth-order valence-corrected chi connectivity index (χ4v) is 5.91. The first-order valence-corrected chi connectivity index (χ1v) is 12.1. The summed E-state index contributed by atoms with van der Waals surface area (Å²) < 4.78 is 5.27. The van der Waals surface area contributed by atoms with E-state index in [-0.39, 0.29) is 5.91 Å². The Kier molecular flexibility index (Phi) is 5.27. The maximum absolute atomic E-state index is 13.1. The molecule has 5 nitrogen and oxygen atoms in total. The number of fused-ring (bicyclic) bond motifs is 1. The molecule has 0 bridgehead atoms. The Hall–Kier alpha value is -3.07. The number of nitrogens with one attached hydrogen (secondary N) is 1. The minimum absolute atomic E-state index is 0.216. The second-order valence-electron chi connectivity index (χ2n) is 6.79. The number of carbonyl (C=O) groups excluding carboxylic acids is 1. The van der Waals surface area contributed by atoms with Crippen LogP contribution in [0.25, 0.3) is 31.2 Å². The minimum atomic E-state index is -0.216. The molecule has 0 aliphatic rings. The fraction of sp³-hybridized carbons (Fsp3) is 0.0870. The fourth-order valence-electron chi connectivity index (χ4n) is 3.29. The summed E-state index contributed by atoms with van der Waals surface area (Å²) >= 11 is 4.79. The summed E-state index contributed by atoms with van der Waals surface area (Å²) in [6.45, 7) is 1.84. The van der Waals surface area contributed by atoms with E-state index in [1.165, 1.54) is 11.3 Å². The number of thiophene rings is 2. The maximum Gasteiger partial charge on any atom is 0.259 e. The quantitative estimate of drug-likeness (QED) is 0.314. The van der Waals surface area contributed by atoms with Crippen molar-refractivity contribution in [1.82, 2.24) is 9.97 Å². The number of rotatable bonds is 5. The lowest BCUT2D eigenvalue weighted by Crippen LogP contribution is -2.14. The summed E-state index contributed by atoms with van der Waals surface area (Å²) in [5.74, 6) is 0.522. The molecule has 0 radical (unpaired) electrons. The van der Waals surface area contributed by atoms with Crippen LogP contribution in [0.4, 0.5) is 5.13 Å². The number of thiazole rings is 1. The first kappa shape index (κ1) is 19.9. The number of ether oxygens (including phenoxy) is 1. The van der Waals surface area contributed by atoms with Gasteiger partial charge in [-0.15, -0.1) is 22.7 Å². The Balaban J connectivity index is 1.49. The van der Waals surface area contributed by atoms with Crippen molar-refractivity contribution in [3.63, 3.8) is 0 Å². The molecule has 0 fully saturated rings. The monoisotopic (exact) mass is 463 g/mol. The van der Waals surface area contributed by atoms with Gasteiger partial charge in [0.1, 0.15) is 11.4 Å². The maximum atomic E-state index is 13.1. The van der Waals surface area contributed by atoms with Gasteiger partial charge in [0.25, 0.3) is 5.91 Å². The number of pyridine rings is 1. The molecule has 0 aliphatic heterocycles. The molecule has 1 N–H and O–H groups in total. The summed E-state index contributed by atoms with van der Waals surface area (Å²) in [5.41, 5.74) is 2.88. The molecular weight excluding hydrogens is 446 g/mol. The van der Waals surface area contributed by atoms with Crippen molar-refractivity contribution >= 4 is 56.0 Å². The average Bonchev–Trinajstić information content (AvgIpc) is 3.53. The SMILES string of the molecule is COc1ccc2cc(C(=O)Nc3nc(-c4cccs4)c(-c4cccs4)s3)c(C)nc2c1. The summed E-state index contributed by atoms with van der Waals surface area (Å²) in [4.78, 5) is 25.7. The van der Waals surface area contributed by atoms with Crippen molar-refractivity contribution in [2.24, 2.45) is 0 Å². The normalized spacial score (nSPS) is 11.0. The number of hydrogen-bond donors (Lipinski definition) is 1. The van der Waals surface area contributed by atoms with Gasteiger partial charge in [0.2, 0.25) is 0 Å². The van der Waals surface area contributed by atoms with E-state index in [0.717, 1.165) is 37.0 Å². The van der Waals surface area contributed by atoms with Gasteiger partial charge >= 0.3 is 0 Å². The van der Waals surface area contributed by atoms with Crippen molar-refractivity contribution in [2.75, 3.05) is 12.4 Å². The minimum Gasteiger partial charge on any atom is -0.497 e. The third-order valence-electron chi connectivity index (χ3n) is 4.81. The molecule has 5 aromatic rings. The van der Waals surface area contributed by atoms with E-state index >= 15 is 0 Å². The van der Waals surface area contributed by atoms with Gasteiger partial charge < -0.3 is 4.74 Å². The van der Waals surface area contributed by atoms with E-state index in [9.17, 15) is 4.79 Å². The largest absolute Gasteiger partial charge is 0.497 e. The van der Waals surface area contributed by atoms with Crippen molar-refractivity contribution in [1.29, 1.82) is 0 Å². The van der Waals surface area contributed by atoms with E-state index in [1.807, 2.05) is 60.1 Å². The van der Waals surface area contributed by atoms with Gasteiger partial charge in [0.05, 0.1) is 33.6 Å². The van der Waals surface area contributed by atoms with E-state index < -0.39 is 0 Å². The van der Waals surface area contributed by atoms with Crippen molar-refractivity contribution < 1.29 is 9.53 Å². The lowest BCUT2D eigenvalue weighted by Gasteiger charge is -2.08. The van der Waals surface area contributed by atoms with Gasteiger partial charge in [0, 0.05) is 16.3 Å². The number of methoxy groups -OCH3 is 1. The van der Waals surface area contributed by atoms with Gasteiger partial charge in [-0.2, -0.15) is 0 Å². The van der Waals surface area contributed by atoms with E-state index in [0.29, 0.717) is 16.4 Å². The van der Waals surface area contributed by atoms with Crippen LogP contribution in [-0.2, 0) is 0 Å². The standard InChI is InChI=1S/C23H17N3O2S3/c1-13-16(11-14-7-8-15(28-2)12-17(14)24-13)22(27)26-23-25-20(18-5-3-9-29-18)21(31-23)19-6-4-10-30-19/h3-12H,1-2H3,(H,25,26,27). The molecule has 31 heavy (non-hydrogen) atoms. The highest BCUT2D eigenvalue weighted by Crippen LogP contribution is 2.42. The third kappa shape index (κ3) is 3.85. The molecular formula is C23H17N3O2S3. The Morgan fingerprint density at radius 2 is 1.77 bits per heavy atom. The van der Waals surface area contributed by atoms with Crippen LogP contribution in [0, 0.1) is 6.92 Å². The number of benzene rings is 1. The lowest BCUT2D eigenvalue weighted by molar-refractivity contribution is 0.102. The lowest BCUT2D eigenvalue weighted by atomic mass is 10.1. The molecule has 1 amide bonds. The van der Waals surface area contributed by atoms with Gasteiger partial charge in [0.15, 0.2) is 5.13 Å². The van der Waals surface area contributed by atoms with Gasteiger partial charge in [-0.1, -0.05) is 23.5 Å². The summed E-state index contributed by atoms with van der Waals surface area (Å²) in [6, 6.07) is 15.7. The number of hydrogen-bond acceptors (Lipinski definition) is 7. The molecule has 0 atom stereocenters. The summed E-state index contributed by atoms with van der Waals surface area (Å²) in [7, 11) is 1.62. The van der Waals surface area contributed by atoms with Crippen LogP contribution in [-0.4, -0.2) is 23.0 Å². The highest BCUT2D eigenvalue weighted by Gasteiger charge is 2.19. The Bertz CT molecular complexity index is 1320. The predicted molar refractivity (Wildman–Crippen MR) is 130 cm³/mol. The molecule has 1 aromatic carbocycles. The van der Waals surface area contributed by atoms with Crippen LogP contribution in [0.2, 0.25) is 0 Å². The van der Waals surface area contributed by atoms with Crippen LogP contribution in [0.15, 0.2) is 59.3 Å². The molecule has 154 valence electrons. The van der Waals surface area contributed by atoms with Gasteiger partial charge in [-0.05, 0) is 48.0 Å². The number of amides is 1. The molecule has 0 spiro atoms. The first-order chi connectivity index (χ1) is 15.1. The third-order valence-corrected chi connectivity index (χ3v) is 7.70.